The van der Waals surface area contributed by atoms with Crippen molar-refractivity contribution in [1.82, 2.24) is 14.5 Å². The molecule has 4 heteroatoms. The van der Waals surface area contributed by atoms with Crippen LogP contribution in [0.4, 0.5) is 0 Å². The van der Waals surface area contributed by atoms with E-state index in [0.29, 0.717) is 5.92 Å². The van der Waals surface area contributed by atoms with E-state index in [-0.39, 0.29) is 5.91 Å². The van der Waals surface area contributed by atoms with E-state index < -0.39 is 0 Å². The van der Waals surface area contributed by atoms with E-state index in [1.54, 1.807) is 0 Å². The average Bonchev–Trinajstić information content (AvgIpc) is 3.06. The van der Waals surface area contributed by atoms with Crippen LogP contribution in [0.5, 0.6) is 0 Å². The monoisotopic (exact) mass is 319 g/mol. The number of carbonyl (C=O) groups is 1. The van der Waals surface area contributed by atoms with Gasteiger partial charge in [0, 0.05) is 25.2 Å². The first-order chi connectivity index (χ1) is 11.8. The van der Waals surface area contributed by atoms with Gasteiger partial charge in [-0.2, -0.15) is 0 Å². The smallest absolute Gasteiger partial charge is 0.253 e. The van der Waals surface area contributed by atoms with Crippen molar-refractivity contribution in [3.8, 4) is 0 Å². The van der Waals surface area contributed by atoms with E-state index in [2.05, 4.69) is 21.7 Å². The average molecular weight is 319 g/mol. The number of aromatic nitrogens is 2. The van der Waals surface area contributed by atoms with Crippen molar-refractivity contribution < 1.29 is 4.79 Å². The Hall–Kier alpha value is -2.62. The van der Waals surface area contributed by atoms with E-state index in [1.807, 2.05) is 53.7 Å². The number of imidazole rings is 1. The third-order valence-electron chi connectivity index (χ3n) is 4.90. The lowest BCUT2D eigenvalue weighted by Crippen LogP contribution is -2.39. The van der Waals surface area contributed by atoms with Crippen LogP contribution in [0, 0.1) is 5.92 Å². The molecule has 1 aromatic heterocycles. The number of nitrogens with zero attached hydrogens (tertiary/aromatic N) is 3. The minimum atomic E-state index is 0.155. The lowest BCUT2D eigenvalue weighted by atomic mass is 9.96. The van der Waals surface area contributed by atoms with E-state index in [9.17, 15) is 4.79 Å². The predicted molar refractivity (Wildman–Crippen MR) is 94.8 cm³/mol. The van der Waals surface area contributed by atoms with Crippen molar-refractivity contribution in [3.05, 3.63) is 66.5 Å². The summed E-state index contributed by atoms with van der Waals surface area (Å²) in [5.74, 6) is 0.754. The summed E-state index contributed by atoms with van der Waals surface area (Å²) in [6.45, 7) is 2.66. The quantitative estimate of drug-likeness (QED) is 0.740. The molecule has 0 atom stereocenters. The first kappa shape index (κ1) is 14.9. The molecule has 0 spiro atoms. The molecule has 2 heterocycles. The van der Waals surface area contributed by atoms with Crippen LogP contribution in [-0.2, 0) is 6.54 Å². The van der Waals surface area contributed by atoms with E-state index in [4.69, 9.17) is 0 Å². The zero-order valence-electron chi connectivity index (χ0n) is 13.6. The van der Waals surface area contributed by atoms with Gasteiger partial charge in [0.25, 0.3) is 5.91 Å². The van der Waals surface area contributed by atoms with Crippen LogP contribution in [0.2, 0.25) is 0 Å². The van der Waals surface area contributed by atoms with Crippen LogP contribution in [0.3, 0.4) is 0 Å². The number of benzene rings is 2. The third kappa shape index (κ3) is 2.92. The molecule has 0 saturated carbocycles. The summed E-state index contributed by atoms with van der Waals surface area (Å²) in [4.78, 5) is 19.0. The predicted octanol–water partition coefficient (Wildman–Crippen LogP) is 3.59. The highest BCUT2D eigenvalue weighted by Crippen LogP contribution is 2.22. The minimum absolute atomic E-state index is 0.155. The second-order valence-corrected chi connectivity index (χ2v) is 6.49. The minimum Gasteiger partial charge on any atom is -0.339 e. The highest BCUT2D eigenvalue weighted by atomic mass is 16.2. The SMILES string of the molecule is O=C(c1ccccc1)N1CCC(Cn2cnc3ccccc32)CC1. The van der Waals surface area contributed by atoms with Gasteiger partial charge in [-0.25, -0.2) is 4.98 Å². The second kappa shape index (κ2) is 6.48. The fourth-order valence-corrected chi connectivity index (χ4v) is 3.52. The highest BCUT2D eigenvalue weighted by molar-refractivity contribution is 5.94. The normalized spacial score (nSPS) is 15.8. The van der Waals surface area contributed by atoms with Gasteiger partial charge < -0.3 is 9.47 Å². The number of hydrogen-bond acceptors (Lipinski definition) is 2. The molecule has 1 aliphatic rings. The standard InChI is InChI=1S/C20H21N3O/c24-20(17-6-2-1-3-7-17)22-12-10-16(11-13-22)14-23-15-21-18-8-4-5-9-19(18)23/h1-9,15-16H,10-14H2. The summed E-state index contributed by atoms with van der Waals surface area (Å²) in [7, 11) is 0. The molecule has 1 amide bonds. The molecule has 0 unspecified atom stereocenters. The summed E-state index contributed by atoms with van der Waals surface area (Å²) in [5, 5.41) is 0. The number of fused-ring (bicyclic) bond motifs is 1. The molecule has 1 aliphatic heterocycles. The number of amides is 1. The molecule has 1 saturated heterocycles. The van der Waals surface area contributed by atoms with Gasteiger partial charge in [-0.05, 0) is 43.0 Å². The third-order valence-corrected chi connectivity index (χ3v) is 4.90. The van der Waals surface area contributed by atoms with E-state index in [0.717, 1.165) is 43.6 Å². The van der Waals surface area contributed by atoms with Crippen molar-refractivity contribution in [2.75, 3.05) is 13.1 Å². The van der Waals surface area contributed by atoms with E-state index >= 15 is 0 Å². The topological polar surface area (TPSA) is 38.1 Å². The molecule has 0 N–H and O–H groups in total. The fraction of sp³-hybridized carbons (Fsp3) is 0.300. The molecule has 2 aromatic carbocycles. The summed E-state index contributed by atoms with van der Waals surface area (Å²) < 4.78 is 2.24. The van der Waals surface area contributed by atoms with Crippen LogP contribution in [0.25, 0.3) is 11.0 Å². The molecule has 122 valence electrons. The molecule has 1 fully saturated rings. The summed E-state index contributed by atoms with van der Waals surface area (Å²) >= 11 is 0. The molecule has 0 bridgehead atoms. The van der Waals surface area contributed by atoms with Crippen molar-refractivity contribution in [2.45, 2.75) is 19.4 Å². The van der Waals surface area contributed by atoms with Gasteiger partial charge in [-0.3, -0.25) is 4.79 Å². The zero-order valence-corrected chi connectivity index (χ0v) is 13.6. The number of carbonyl (C=O) groups excluding carboxylic acids is 1. The molecule has 4 rings (SSSR count). The van der Waals surface area contributed by atoms with Crippen molar-refractivity contribution >= 4 is 16.9 Å². The van der Waals surface area contributed by atoms with Gasteiger partial charge in [-0.1, -0.05) is 30.3 Å². The molecule has 3 aromatic rings. The van der Waals surface area contributed by atoms with Gasteiger partial charge in [0.05, 0.1) is 17.4 Å². The Morgan fingerprint density at radius 1 is 1.00 bits per heavy atom. The first-order valence-electron chi connectivity index (χ1n) is 8.55. The maximum Gasteiger partial charge on any atom is 0.253 e. The van der Waals surface area contributed by atoms with Crippen molar-refractivity contribution in [3.63, 3.8) is 0 Å². The Morgan fingerprint density at radius 3 is 2.50 bits per heavy atom. The maximum atomic E-state index is 12.5. The molecule has 4 nitrogen and oxygen atoms in total. The van der Waals surface area contributed by atoms with Crippen LogP contribution < -0.4 is 0 Å². The Labute approximate surface area is 141 Å². The lowest BCUT2D eigenvalue weighted by Gasteiger charge is -2.32. The highest BCUT2D eigenvalue weighted by Gasteiger charge is 2.24. The van der Waals surface area contributed by atoms with Crippen LogP contribution >= 0.6 is 0 Å². The zero-order chi connectivity index (χ0) is 16.4. The van der Waals surface area contributed by atoms with Crippen molar-refractivity contribution in [2.24, 2.45) is 5.92 Å². The Kier molecular flexibility index (Phi) is 4.03. The largest absolute Gasteiger partial charge is 0.339 e. The Morgan fingerprint density at radius 2 is 1.71 bits per heavy atom. The summed E-state index contributed by atoms with van der Waals surface area (Å²) in [6.07, 6.45) is 4.03. The molecule has 0 aliphatic carbocycles. The Balaban J connectivity index is 1.39. The van der Waals surface area contributed by atoms with Crippen LogP contribution in [-0.4, -0.2) is 33.4 Å². The van der Waals surface area contributed by atoms with E-state index in [1.165, 1.54) is 5.52 Å². The second-order valence-electron chi connectivity index (χ2n) is 6.49. The molecular formula is C20H21N3O. The van der Waals surface area contributed by atoms with Crippen LogP contribution in [0.1, 0.15) is 23.2 Å². The van der Waals surface area contributed by atoms with Gasteiger partial charge in [-0.15, -0.1) is 0 Å². The summed E-state index contributed by atoms with van der Waals surface area (Å²) in [5.41, 5.74) is 3.03. The lowest BCUT2D eigenvalue weighted by molar-refractivity contribution is 0.0683. The molecular weight excluding hydrogens is 298 g/mol. The number of hydrogen-bond donors (Lipinski definition) is 0. The number of para-hydroxylation sites is 2. The molecule has 24 heavy (non-hydrogen) atoms. The van der Waals surface area contributed by atoms with Gasteiger partial charge in [0.2, 0.25) is 0 Å². The Bertz CT molecular complexity index is 832. The van der Waals surface area contributed by atoms with Gasteiger partial charge in [0.15, 0.2) is 0 Å². The number of piperidine rings is 1. The fourth-order valence-electron chi connectivity index (χ4n) is 3.52. The molecule has 0 radical (unpaired) electrons. The van der Waals surface area contributed by atoms with Gasteiger partial charge in [0.1, 0.15) is 0 Å². The summed E-state index contributed by atoms with van der Waals surface area (Å²) in [6, 6.07) is 17.8. The van der Waals surface area contributed by atoms with Gasteiger partial charge >= 0.3 is 0 Å². The number of likely N-dealkylation sites (tertiary alicyclic amines) is 1. The maximum absolute atomic E-state index is 12.5. The number of rotatable bonds is 3. The van der Waals surface area contributed by atoms with Crippen molar-refractivity contribution in [1.29, 1.82) is 0 Å². The first-order valence-corrected chi connectivity index (χ1v) is 8.55. The van der Waals surface area contributed by atoms with Crippen LogP contribution in [0.15, 0.2) is 60.9 Å².